The molecule has 0 spiro atoms. The first-order valence-electron chi connectivity index (χ1n) is 16.4. The monoisotopic (exact) mass is 675 g/mol. The Kier molecular flexibility index (Phi) is 16.1. The standard InChI is InChI=1S/C35H45N5O5.C2H4O2/c1-35(2,3)45-34(43)37-20-19-36-30(25-44-24-26-13-6-4-7-14-26)32(41)39-29-18-12-17-28(23-29)38-31(27-15-8-5-9-16-27)33(42)40-21-10-11-22-40;1-4-2-3/h4-9,12-18,23,30-31,36,38H,10-11,19-22,24-25H2,1-3H3,(H,37,43)(H,39,41);2H,1H3. The third-order valence-electron chi connectivity index (χ3n) is 7.23. The van der Waals surface area contributed by atoms with Gasteiger partial charge in [-0.05, 0) is 62.9 Å². The Morgan fingerprint density at radius 3 is 2.14 bits per heavy atom. The van der Waals surface area contributed by atoms with Crippen molar-refractivity contribution in [2.24, 2.45) is 0 Å². The summed E-state index contributed by atoms with van der Waals surface area (Å²) in [6.45, 7) is 8.35. The summed E-state index contributed by atoms with van der Waals surface area (Å²) in [5, 5.41) is 12.3. The molecule has 12 nitrogen and oxygen atoms in total. The molecule has 0 saturated carbocycles. The van der Waals surface area contributed by atoms with Gasteiger partial charge in [-0.1, -0.05) is 66.7 Å². The lowest BCUT2D eigenvalue weighted by Crippen LogP contribution is -2.47. The summed E-state index contributed by atoms with van der Waals surface area (Å²) < 4.78 is 15.0. The summed E-state index contributed by atoms with van der Waals surface area (Å²) >= 11 is 0. The van der Waals surface area contributed by atoms with E-state index >= 15 is 0 Å². The van der Waals surface area contributed by atoms with Crippen LogP contribution in [0.5, 0.6) is 0 Å². The number of alkyl carbamates (subject to hydrolysis) is 1. The fraction of sp³-hybridized carbons (Fsp3) is 0.405. The highest BCUT2D eigenvalue weighted by atomic mass is 16.6. The average Bonchev–Trinajstić information content (AvgIpc) is 3.64. The number of carbonyl (C=O) groups excluding carboxylic acids is 4. The van der Waals surface area contributed by atoms with Gasteiger partial charge in [0.25, 0.3) is 6.47 Å². The number of rotatable bonds is 15. The molecule has 1 saturated heterocycles. The fourth-order valence-electron chi connectivity index (χ4n) is 4.96. The van der Waals surface area contributed by atoms with Gasteiger partial charge in [0.05, 0.1) is 20.3 Å². The van der Waals surface area contributed by atoms with E-state index in [-0.39, 0.29) is 25.0 Å². The molecule has 2 atom stereocenters. The third kappa shape index (κ3) is 14.4. The molecule has 2 unspecified atom stereocenters. The Morgan fingerprint density at radius 2 is 1.51 bits per heavy atom. The van der Waals surface area contributed by atoms with Crippen molar-refractivity contribution >= 4 is 35.8 Å². The molecule has 1 fully saturated rings. The lowest BCUT2D eigenvalue weighted by molar-refractivity contribution is -0.131. The van der Waals surface area contributed by atoms with Gasteiger partial charge < -0.3 is 40.4 Å². The van der Waals surface area contributed by atoms with E-state index in [1.807, 2.05) is 83.8 Å². The number of hydrogen-bond donors (Lipinski definition) is 4. The van der Waals surface area contributed by atoms with Crippen LogP contribution in [-0.2, 0) is 35.2 Å². The summed E-state index contributed by atoms with van der Waals surface area (Å²) in [5.41, 5.74) is 2.56. The van der Waals surface area contributed by atoms with Crippen molar-refractivity contribution in [1.29, 1.82) is 0 Å². The second kappa shape index (κ2) is 20.4. The Labute approximate surface area is 288 Å². The normalized spacial score (nSPS) is 13.6. The molecule has 0 radical (unpaired) electrons. The summed E-state index contributed by atoms with van der Waals surface area (Å²) in [5.74, 6) is -0.252. The van der Waals surface area contributed by atoms with Gasteiger partial charge in [0.15, 0.2) is 0 Å². The van der Waals surface area contributed by atoms with E-state index in [1.54, 1.807) is 26.8 Å². The summed E-state index contributed by atoms with van der Waals surface area (Å²) in [6.07, 6.45) is 1.50. The molecular formula is C37H49N5O7. The van der Waals surface area contributed by atoms with Gasteiger partial charge >= 0.3 is 6.09 Å². The Bertz CT molecular complexity index is 1440. The number of nitrogens with zero attached hydrogens (tertiary/aromatic N) is 1. The zero-order valence-corrected chi connectivity index (χ0v) is 28.8. The van der Waals surface area contributed by atoms with Gasteiger partial charge in [-0.2, -0.15) is 0 Å². The second-order valence-corrected chi connectivity index (χ2v) is 12.4. The molecule has 12 heteroatoms. The van der Waals surface area contributed by atoms with Crippen LogP contribution in [0.4, 0.5) is 16.2 Å². The lowest BCUT2D eigenvalue weighted by atomic mass is 10.0. The first kappa shape index (κ1) is 38.5. The van der Waals surface area contributed by atoms with Crippen LogP contribution in [0.25, 0.3) is 0 Å². The molecule has 0 aromatic heterocycles. The Balaban J connectivity index is 0.00000154. The van der Waals surface area contributed by atoms with Crippen LogP contribution in [0.1, 0.15) is 50.8 Å². The molecule has 3 aromatic rings. The Morgan fingerprint density at radius 1 is 0.878 bits per heavy atom. The molecule has 1 aliphatic heterocycles. The maximum absolute atomic E-state index is 13.5. The van der Waals surface area contributed by atoms with Gasteiger partial charge in [-0.25, -0.2) is 4.79 Å². The van der Waals surface area contributed by atoms with Crippen LogP contribution in [0.15, 0.2) is 84.9 Å². The van der Waals surface area contributed by atoms with Crippen molar-refractivity contribution in [1.82, 2.24) is 15.5 Å². The molecule has 4 rings (SSSR count). The molecule has 4 N–H and O–H groups in total. The number of carbonyl (C=O) groups is 4. The predicted octanol–water partition coefficient (Wildman–Crippen LogP) is 4.89. The van der Waals surface area contributed by atoms with E-state index in [2.05, 4.69) is 26.0 Å². The average molecular weight is 676 g/mol. The molecule has 1 heterocycles. The van der Waals surface area contributed by atoms with Crippen LogP contribution >= 0.6 is 0 Å². The molecule has 0 aliphatic carbocycles. The number of anilines is 2. The maximum Gasteiger partial charge on any atom is 0.407 e. The largest absolute Gasteiger partial charge is 0.471 e. The van der Waals surface area contributed by atoms with Crippen LogP contribution in [0.3, 0.4) is 0 Å². The summed E-state index contributed by atoms with van der Waals surface area (Å²) in [7, 11) is 1.31. The SMILES string of the molecule is CC(C)(C)OC(=O)NCCNC(COCc1ccccc1)C(=O)Nc1cccc(NC(C(=O)N2CCCC2)c2ccccc2)c1.COC=O. The second-order valence-electron chi connectivity index (χ2n) is 12.4. The van der Waals surface area contributed by atoms with E-state index in [0.29, 0.717) is 31.0 Å². The third-order valence-corrected chi connectivity index (χ3v) is 7.23. The minimum absolute atomic E-state index is 0.0351. The first-order valence-corrected chi connectivity index (χ1v) is 16.4. The molecule has 3 aromatic carbocycles. The summed E-state index contributed by atoms with van der Waals surface area (Å²) in [4.78, 5) is 49.8. The van der Waals surface area contributed by atoms with Gasteiger partial charge in [0.1, 0.15) is 17.7 Å². The van der Waals surface area contributed by atoms with Crippen molar-refractivity contribution in [3.8, 4) is 0 Å². The zero-order chi connectivity index (χ0) is 35.5. The van der Waals surface area contributed by atoms with Crippen molar-refractivity contribution < 1.29 is 33.4 Å². The van der Waals surface area contributed by atoms with Crippen LogP contribution in [-0.4, -0.2) is 80.8 Å². The van der Waals surface area contributed by atoms with Crippen LogP contribution in [0.2, 0.25) is 0 Å². The van der Waals surface area contributed by atoms with Gasteiger partial charge in [0.2, 0.25) is 11.8 Å². The van der Waals surface area contributed by atoms with E-state index in [9.17, 15) is 14.4 Å². The number of ether oxygens (including phenoxy) is 3. The van der Waals surface area contributed by atoms with Crippen LogP contribution < -0.4 is 21.3 Å². The minimum atomic E-state index is -0.695. The highest BCUT2D eigenvalue weighted by Gasteiger charge is 2.28. The first-order chi connectivity index (χ1) is 23.6. The van der Waals surface area contributed by atoms with Crippen LogP contribution in [0, 0.1) is 0 Å². The van der Waals surface area contributed by atoms with Gasteiger partial charge in [-0.3, -0.25) is 14.4 Å². The summed E-state index contributed by atoms with van der Waals surface area (Å²) in [6, 6.07) is 25.5. The highest BCUT2D eigenvalue weighted by molar-refractivity contribution is 5.95. The van der Waals surface area contributed by atoms with Crippen molar-refractivity contribution in [2.45, 2.75) is 57.9 Å². The van der Waals surface area contributed by atoms with Crippen molar-refractivity contribution in [2.75, 3.05) is 50.5 Å². The van der Waals surface area contributed by atoms with Gasteiger partial charge in [0, 0.05) is 37.6 Å². The van der Waals surface area contributed by atoms with Gasteiger partial charge in [-0.15, -0.1) is 0 Å². The molecule has 3 amide bonds. The molecule has 1 aliphatic rings. The molecule has 49 heavy (non-hydrogen) atoms. The van der Waals surface area contributed by atoms with E-state index in [1.165, 1.54) is 7.11 Å². The minimum Gasteiger partial charge on any atom is -0.471 e. The number of likely N-dealkylation sites (tertiary alicyclic amines) is 1. The number of hydrogen-bond acceptors (Lipinski definition) is 9. The van der Waals surface area contributed by atoms with E-state index in [4.69, 9.17) is 14.3 Å². The maximum atomic E-state index is 13.5. The quantitative estimate of drug-likeness (QED) is 0.131. The fourth-order valence-corrected chi connectivity index (χ4v) is 4.96. The molecule has 0 bridgehead atoms. The van der Waals surface area contributed by atoms with E-state index in [0.717, 1.165) is 37.1 Å². The highest BCUT2D eigenvalue weighted by Crippen LogP contribution is 2.25. The van der Waals surface area contributed by atoms with Crippen molar-refractivity contribution in [3.05, 3.63) is 96.1 Å². The molecular weight excluding hydrogens is 626 g/mol. The topological polar surface area (TPSA) is 147 Å². The van der Waals surface area contributed by atoms with E-state index < -0.39 is 23.8 Å². The van der Waals surface area contributed by atoms with Crippen molar-refractivity contribution in [3.63, 3.8) is 0 Å². The smallest absolute Gasteiger partial charge is 0.407 e. The number of benzene rings is 3. The lowest BCUT2D eigenvalue weighted by Gasteiger charge is -2.25. The number of amides is 3. The predicted molar refractivity (Wildman–Crippen MR) is 189 cm³/mol. The molecule has 264 valence electrons. The zero-order valence-electron chi connectivity index (χ0n) is 28.8. The Hall–Kier alpha value is -4.94. The number of methoxy groups -OCH3 is 1. The number of nitrogens with one attached hydrogen (secondary N) is 4.